The second-order valence-electron chi connectivity index (χ2n) is 3.98. The molecular weight excluding hydrogens is 260 g/mol. The van der Waals surface area contributed by atoms with Gasteiger partial charge in [-0.15, -0.1) is 10.2 Å². The zero-order valence-corrected chi connectivity index (χ0v) is 11.1. The van der Waals surface area contributed by atoms with Gasteiger partial charge in [0.15, 0.2) is 0 Å². The maximum Gasteiger partial charge on any atom is 0.340 e. The van der Waals surface area contributed by atoms with E-state index >= 15 is 0 Å². The minimum Gasteiger partial charge on any atom is -0.462 e. The number of aryl methyl sites for hydroxylation is 1. The summed E-state index contributed by atoms with van der Waals surface area (Å²) in [7, 11) is 0. The van der Waals surface area contributed by atoms with Crippen molar-refractivity contribution < 1.29 is 9.53 Å². The average Bonchev–Trinajstić information content (AvgIpc) is 2.44. The predicted octanol–water partition coefficient (Wildman–Crippen LogP) is 1.39. The second kappa shape index (κ2) is 5.96. The van der Waals surface area contributed by atoms with Crippen LogP contribution < -0.4 is 10.9 Å². The molecule has 0 spiro atoms. The van der Waals surface area contributed by atoms with Crippen molar-refractivity contribution in [2.24, 2.45) is 0 Å². The van der Waals surface area contributed by atoms with Crippen LogP contribution in [0.25, 0.3) is 0 Å². The number of hydrogen-bond donors (Lipinski definition) is 2. The fraction of sp³-hybridized carbons (Fsp3) is 0.231. The van der Waals surface area contributed by atoms with Gasteiger partial charge in [0.1, 0.15) is 5.69 Å². The molecule has 0 saturated carbocycles. The Morgan fingerprint density at radius 1 is 1.35 bits per heavy atom. The van der Waals surface area contributed by atoms with Crippen LogP contribution in [-0.4, -0.2) is 27.8 Å². The number of H-pyrrole nitrogens is 1. The van der Waals surface area contributed by atoms with Crippen LogP contribution in [0, 0.1) is 6.92 Å². The molecule has 0 amide bonds. The van der Waals surface area contributed by atoms with E-state index in [1.807, 2.05) is 0 Å². The first-order chi connectivity index (χ1) is 9.61. The number of carbonyl (C=O) groups is 1. The number of para-hydroxylation sites is 1. The lowest BCUT2D eigenvalue weighted by Crippen LogP contribution is -2.16. The second-order valence-corrected chi connectivity index (χ2v) is 3.98. The molecule has 1 aromatic carbocycles. The van der Waals surface area contributed by atoms with E-state index in [-0.39, 0.29) is 23.8 Å². The molecule has 0 atom stereocenters. The monoisotopic (exact) mass is 274 g/mol. The fourth-order valence-corrected chi connectivity index (χ4v) is 1.56. The van der Waals surface area contributed by atoms with Gasteiger partial charge in [-0.1, -0.05) is 12.1 Å². The molecule has 1 aromatic heterocycles. The smallest absolute Gasteiger partial charge is 0.340 e. The number of benzene rings is 1. The van der Waals surface area contributed by atoms with Crippen LogP contribution in [0.5, 0.6) is 0 Å². The van der Waals surface area contributed by atoms with Gasteiger partial charge in [0.05, 0.1) is 17.9 Å². The standard InChI is InChI=1S/C13H14N4O3/c1-3-20-12(19)9-6-4-5-7-10(9)14-13-15-11(18)8(2)16-17-13/h4-7H,3H2,1-2H3,(H2,14,15,17,18). The van der Waals surface area contributed by atoms with Crippen molar-refractivity contribution in [3.8, 4) is 0 Å². The van der Waals surface area contributed by atoms with Crippen molar-refractivity contribution in [2.75, 3.05) is 11.9 Å². The lowest BCUT2D eigenvalue weighted by Gasteiger charge is -2.09. The Morgan fingerprint density at radius 2 is 2.10 bits per heavy atom. The first kappa shape index (κ1) is 13.7. The van der Waals surface area contributed by atoms with Crippen molar-refractivity contribution in [1.29, 1.82) is 0 Å². The zero-order valence-electron chi connectivity index (χ0n) is 11.1. The highest BCUT2D eigenvalue weighted by molar-refractivity contribution is 5.96. The van der Waals surface area contributed by atoms with Gasteiger partial charge in [-0.05, 0) is 26.0 Å². The van der Waals surface area contributed by atoms with E-state index in [9.17, 15) is 9.59 Å². The zero-order chi connectivity index (χ0) is 14.5. The van der Waals surface area contributed by atoms with Crippen LogP contribution in [0.4, 0.5) is 11.6 Å². The summed E-state index contributed by atoms with van der Waals surface area (Å²) in [6, 6.07) is 6.79. The molecule has 0 saturated heterocycles. The molecule has 20 heavy (non-hydrogen) atoms. The number of aromatic amines is 1. The van der Waals surface area contributed by atoms with Crippen molar-refractivity contribution >= 4 is 17.6 Å². The third-order valence-corrected chi connectivity index (χ3v) is 2.54. The van der Waals surface area contributed by atoms with Crippen molar-refractivity contribution in [1.82, 2.24) is 15.2 Å². The molecule has 0 fully saturated rings. The molecule has 0 radical (unpaired) electrons. The molecule has 2 rings (SSSR count). The number of esters is 1. The summed E-state index contributed by atoms with van der Waals surface area (Å²) in [6.07, 6.45) is 0. The van der Waals surface area contributed by atoms with Gasteiger partial charge in [0.25, 0.3) is 5.56 Å². The van der Waals surface area contributed by atoms with Crippen molar-refractivity contribution in [3.63, 3.8) is 0 Å². The molecule has 7 nitrogen and oxygen atoms in total. The van der Waals surface area contributed by atoms with Crippen LogP contribution in [-0.2, 0) is 4.74 Å². The van der Waals surface area contributed by atoms with Gasteiger partial charge in [-0.3, -0.25) is 9.78 Å². The molecule has 2 N–H and O–H groups in total. The number of ether oxygens (including phenoxy) is 1. The van der Waals surface area contributed by atoms with E-state index in [4.69, 9.17) is 4.74 Å². The third kappa shape index (κ3) is 3.00. The molecule has 0 aliphatic heterocycles. The Labute approximate surface area is 115 Å². The maximum atomic E-state index is 11.8. The van der Waals surface area contributed by atoms with Gasteiger partial charge in [-0.2, -0.15) is 0 Å². The number of hydrogen-bond acceptors (Lipinski definition) is 6. The quantitative estimate of drug-likeness (QED) is 0.818. The predicted molar refractivity (Wildman–Crippen MR) is 73.1 cm³/mol. The summed E-state index contributed by atoms with van der Waals surface area (Å²) in [6.45, 7) is 3.58. The molecule has 0 bridgehead atoms. The minimum absolute atomic E-state index is 0.164. The van der Waals surface area contributed by atoms with Gasteiger partial charge in [-0.25, -0.2) is 4.79 Å². The van der Waals surface area contributed by atoms with Gasteiger partial charge >= 0.3 is 5.97 Å². The van der Waals surface area contributed by atoms with E-state index < -0.39 is 5.97 Å². The van der Waals surface area contributed by atoms with Crippen LogP contribution in [0.1, 0.15) is 23.0 Å². The summed E-state index contributed by atoms with van der Waals surface area (Å²) in [5.41, 5.74) is 0.780. The Hall–Kier alpha value is -2.70. The first-order valence-electron chi connectivity index (χ1n) is 6.08. The third-order valence-electron chi connectivity index (χ3n) is 2.54. The fourth-order valence-electron chi connectivity index (χ4n) is 1.56. The highest BCUT2D eigenvalue weighted by Crippen LogP contribution is 2.18. The van der Waals surface area contributed by atoms with Crippen LogP contribution in [0.15, 0.2) is 29.1 Å². The molecule has 0 aliphatic carbocycles. The molecule has 2 aromatic rings. The van der Waals surface area contributed by atoms with Gasteiger partial charge in [0, 0.05) is 0 Å². The van der Waals surface area contributed by atoms with Gasteiger partial charge < -0.3 is 10.1 Å². The molecular formula is C13H14N4O3. The molecule has 0 unspecified atom stereocenters. The van der Waals surface area contributed by atoms with Gasteiger partial charge in [0.2, 0.25) is 5.95 Å². The highest BCUT2D eigenvalue weighted by Gasteiger charge is 2.12. The number of carbonyl (C=O) groups excluding carboxylic acids is 1. The molecule has 1 heterocycles. The van der Waals surface area contributed by atoms with E-state index in [1.165, 1.54) is 0 Å². The largest absolute Gasteiger partial charge is 0.462 e. The molecule has 7 heteroatoms. The van der Waals surface area contributed by atoms with Crippen LogP contribution in [0.2, 0.25) is 0 Å². The number of nitrogens with zero attached hydrogens (tertiary/aromatic N) is 2. The number of nitrogens with one attached hydrogen (secondary N) is 2. The minimum atomic E-state index is -0.446. The molecule has 104 valence electrons. The van der Waals surface area contributed by atoms with E-state index in [2.05, 4.69) is 20.5 Å². The topological polar surface area (TPSA) is 97.0 Å². The highest BCUT2D eigenvalue weighted by atomic mass is 16.5. The normalized spacial score (nSPS) is 10.1. The van der Waals surface area contributed by atoms with E-state index in [1.54, 1.807) is 38.1 Å². The summed E-state index contributed by atoms with van der Waals surface area (Å²) in [4.78, 5) is 25.8. The average molecular weight is 274 g/mol. The number of rotatable bonds is 4. The Kier molecular flexibility index (Phi) is 4.09. The summed E-state index contributed by atoms with van der Waals surface area (Å²) >= 11 is 0. The Morgan fingerprint density at radius 3 is 2.80 bits per heavy atom. The lowest BCUT2D eigenvalue weighted by atomic mass is 10.2. The Bertz CT molecular complexity index is 681. The van der Waals surface area contributed by atoms with Crippen LogP contribution >= 0.6 is 0 Å². The van der Waals surface area contributed by atoms with Crippen LogP contribution in [0.3, 0.4) is 0 Å². The first-order valence-corrected chi connectivity index (χ1v) is 6.08. The molecule has 0 aliphatic rings. The number of anilines is 2. The summed E-state index contributed by atoms with van der Waals surface area (Å²) in [5.74, 6) is -0.282. The van der Waals surface area contributed by atoms with E-state index in [0.717, 1.165) is 0 Å². The summed E-state index contributed by atoms with van der Waals surface area (Å²) < 4.78 is 4.96. The number of aromatic nitrogens is 3. The SMILES string of the molecule is CCOC(=O)c1ccccc1Nc1nnc(C)c(=O)[nH]1. The maximum absolute atomic E-state index is 11.8. The van der Waals surface area contributed by atoms with Crippen molar-refractivity contribution in [2.45, 2.75) is 13.8 Å². The van der Waals surface area contributed by atoms with Crippen molar-refractivity contribution in [3.05, 3.63) is 45.9 Å². The lowest BCUT2D eigenvalue weighted by molar-refractivity contribution is 0.0527. The summed E-state index contributed by atoms with van der Waals surface area (Å²) in [5, 5.41) is 10.4. The van der Waals surface area contributed by atoms with E-state index in [0.29, 0.717) is 11.3 Å². The Balaban J connectivity index is 2.31.